The Morgan fingerprint density at radius 2 is 2.05 bits per heavy atom. The Hall–Kier alpha value is -2.70. The number of hydrogen-bond donors (Lipinski definition) is 1. The summed E-state index contributed by atoms with van der Waals surface area (Å²) in [5.41, 5.74) is 1.20. The Morgan fingerprint density at radius 1 is 1.32 bits per heavy atom. The Kier molecular flexibility index (Phi) is 5.24. The fraction of sp³-hybridized carbons (Fsp3) is 0.267. The first kappa shape index (κ1) is 15.7. The second-order valence-electron chi connectivity index (χ2n) is 4.71. The van der Waals surface area contributed by atoms with E-state index in [-0.39, 0.29) is 18.3 Å². The van der Waals surface area contributed by atoms with Crippen molar-refractivity contribution >= 4 is 11.9 Å². The number of amides is 1. The summed E-state index contributed by atoms with van der Waals surface area (Å²) in [5, 5.41) is 6.47. The van der Waals surface area contributed by atoms with Gasteiger partial charge >= 0.3 is 5.97 Å². The van der Waals surface area contributed by atoms with E-state index in [4.69, 9.17) is 4.74 Å². The number of nitrogens with zero attached hydrogens (tertiary/aromatic N) is 2. The topological polar surface area (TPSA) is 73.2 Å². The third kappa shape index (κ3) is 4.69. The van der Waals surface area contributed by atoms with Gasteiger partial charge in [0.15, 0.2) is 6.61 Å². The van der Waals surface area contributed by atoms with Gasteiger partial charge in [-0.15, -0.1) is 0 Å². The minimum Gasteiger partial charge on any atom is -0.452 e. The summed E-state index contributed by atoms with van der Waals surface area (Å²) in [6.45, 7) is 0.0338. The highest BCUT2D eigenvalue weighted by Gasteiger charge is 2.11. The number of rotatable bonds is 6. The number of benzene rings is 1. The van der Waals surface area contributed by atoms with Crippen molar-refractivity contribution in [3.05, 3.63) is 53.6 Å². The SMILES string of the molecule is Cn1cc(C(=O)OCC(=O)NCCc2ccc(F)cc2)cn1. The molecule has 0 unspecified atom stereocenters. The maximum Gasteiger partial charge on any atom is 0.341 e. The molecule has 0 saturated heterocycles. The third-order valence-corrected chi connectivity index (χ3v) is 2.92. The van der Waals surface area contributed by atoms with Gasteiger partial charge in [-0.3, -0.25) is 9.48 Å². The van der Waals surface area contributed by atoms with Crippen molar-refractivity contribution < 1.29 is 18.7 Å². The molecule has 1 heterocycles. The quantitative estimate of drug-likeness (QED) is 0.810. The first-order chi connectivity index (χ1) is 10.5. The normalized spacial score (nSPS) is 10.3. The van der Waals surface area contributed by atoms with E-state index in [0.717, 1.165) is 5.56 Å². The molecule has 7 heteroatoms. The smallest absolute Gasteiger partial charge is 0.341 e. The van der Waals surface area contributed by atoms with E-state index in [0.29, 0.717) is 18.5 Å². The van der Waals surface area contributed by atoms with Crippen molar-refractivity contribution in [3.63, 3.8) is 0 Å². The molecule has 0 atom stereocenters. The first-order valence-electron chi connectivity index (χ1n) is 6.71. The largest absolute Gasteiger partial charge is 0.452 e. The molecule has 22 heavy (non-hydrogen) atoms. The van der Waals surface area contributed by atoms with Gasteiger partial charge in [0.05, 0.1) is 11.8 Å². The van der Waals surface area contributed by atoms with Gasteiger partial charge in [0.25, 0.3) is 5.91 Å². The van der Waals surface area contributed by atoms with Gasteiger partial charge in [-0.2, -0.15) is 5.10 Å². The fourth-order valence-corrected chi connectivity index (χ4v) is 1.79. The average molecular weight is 305 g/mol. The molecule has 0 aliphatic rings. The molecule has 2 aromatic rings. The summed E-state index contributed by atoms with van der Waals surface area (Å²) in [7, 11) is 1.68. The second-order valence-corrected chi connectivity index (χ2v) is 4.71. The zero-order chi connectivity index (χ0) is 15.9. The van der Waals surface area contributed by atoms with Crippen molar-refractivity contribution in [3.8, 4) is 0 Å². The van der Waals surface area contributed by atoms with Crippen LogP contribution in [0.15, 0.2) is 36.7 Å². The van der Waals surface area contributed by atoms with Crippen LogP contribution in [0, 0.1) is 5.82 Å². The van der Waals surface area contributed by atoms with Gasteiger partial charge in [-0.05, 0) is 24.1 Å². The van der Waals surface area contributed by atoms with Crippen molar-refractivity contribution in [2.45, 2.75) is 6.42 Å². The first-order valence-corrected chi connectivity index (χ1v) is 6.71. The molecule has 0 spiro atoms. The Balaban J connectivity index is 1.67. The molecular weight excluding hydrogens is 289 g/mol. The number of esters is 1. The van der Waals surface area contributed by atoms with E-state index in [2.05, 4.69) is 10.4 Å². The van der Waals surface area contributed by atoms with Gasteiger partial charge in [0.1, 0.15) is 5.82 Å². The van der Waals surface area contributed by atoms with Crippen LogP contribution in [0.2, 0.25) is 0 Å². The molecule has 1 aromatic heterocycles. The molecule has 116 valence electrons. The molecule has 1 aromatic carbocycles. The molecule has 0 saturated carbocycles. The highest BCUT2D eigenvalue weighted by atomic mass is 19.1. The van der Waals surface area contributed by atoms with Gasteiger partial charge in [0.2, 0.25) is 0 Å². The number of ether oxygens (including phenoxy) is 1. The molecule has 0 fully saturated rings. The van der Waals surface area contributed by atoms with Gasteiger partial charge in [0, 0.05) is 19.8 Å². The van der Waals surface area contributed by atoms with Crippen LogP contribution in [0.1, 0.15) is 15.9 Å². The van der Waals surface area contributed by atoms with Crippen molar-refractivity contribution in [1.29, 1.82) is 0 Å². The number of carbonyl (C=O) groups is 2. The van der Waals surface area contributed by atoms with Crippen molar-refractivity contribution in [2.24, 2.45) is 7.05 Å². The van der Waals surface area contributed by atoms with E-state index in [1.54, 1.807) is 19.2 Å². The van der Waals surface area contributed by atoms with Crippen LogP contribution >= 0.6 is 0 Å². The Bertz CT molecular complexity index is 652. The van der Waals surface area contributed by atoms with E-state index in [1.807, 2.05) is 0 Å². The lowest BCUT2D eigenvalue weighted by molar-refractivity contribution is -0.124. The van der Waals surface area contributed by atoms with Crippen LogP contribution in [0.25, 0.3) is 0 Å². The zero-order valence-electron chi connectivity index (χ0n) is 12.1. The predicted molar refractivity (Wildman–Crippen MR) is 76.6 cm³/mol. The monoisotopic (exact) mass is 305 g/mol. The number of carbonyl (C=O) groups excluding carboxylic acids is 2. The molecular formula is C15H16FN3O3. The highest BCUT2D eigenvalue weighted by Crippen LogP contribution is 2.03. The summed E-state index contributed by atoms with van der Waals surface area (Å²) in [4.78, 5) is 23.2. The maximum absolute atomic E-state index is 12.7. The third-order valence-electron chi connectivity index (χ3n) is 2.92. The minimum atomic E-state index is -0.596. The number of aryl methyl sites for hydroxylation is 1. The minimum absolute atomic E-state index is 0.293. The molecule has 0 aliphatic carbocycles. The predicted octanol–water partition coefficient (Wildman–Crippen LogP) is 1.07. The highest BCUT2D eigenvalue weighted by molar-refractivity contribution is 5.90. The van der Waals surface area contributed by atoms with Crippen LogP contribution in [0.3, 0.4) is 0 Å². The Labute approximate surface area is 126 Å². The lowest BCUT2D eigenvalue weighted by Crippen LogP contribution is -2.30. The Morgan fingerprint density at radius 3 is 2.68 bits per heavy atom. The molecule has 1 N–H and O–H groups in total. The molecule has 6 nitrogen and oxygen atoms in total. The fourth-order valence-electron chi connectivity index (χ4n) is 1.79. The summed E-state index contributed by atoms with van der Waals surface area (Å²) < 4.78 is 19.1. The number of hydrogen-bond acceptors (Lipinski definition) is 4. The van der Waals surface area contributed by atoms with Crippen molar-refractivity contribution in [1.82, 2.24) is 15.1 Å². The van der Waals surface area contributed by atoms with Crippen molar-refractivity contribution in [2.75, 3.05) is 13.2 Å². The van der Waals surface area contributed by atoms with Gasteiger partial charge in [-0.1, -0.05) is 12.1 Å². The lowest BCUT2D eigenvalue weighted by Gasteiger charge is -2.06. The van der Waals surface area contributed by atoms with E-state index >= 15 is 0 Å². The van der Waals surface area contributed by atoms with Gasteiger partial charge < -0.3 is 10.1 Å². The summed E-state index contributed by atoms with van der Waals surface area (Å²) in [6.07, 6.45) is 3.45. The summed E-state index contributed by atoms with van der Waals surface area (Å²) in [6, 6.07) is 6.05. The molecule has 0 bridgehead atoms. The van der Waals surface area contributed by atoms with E-state index < -0.39 is 5.97 Å². The zero-order valence-corrected chi connectivity index (χ0v) is 12.1. The van der Waals surface area contributed by atoms with Crippen LogP contribution in [-0.2, 0) is 23.0 Å². The number of halogens is 1. The molecule has 1 amide bonds. The molecule has 0 radical (unpaired) electrons. The van der Waals surface area contributed by atoms with Crippen LogP contribution in [0.5, 0.6) is 0 Å². The second kappa shape index (κ2) is 7.35. The van der Waals surface area contributed by atoms with Crippen LogP contribution in [-0.4, -0.2) is 34.8 Å². The summed E-state index contributed by atoms with van der Waals surface area (Å²) in [5.74, 6) is -1.28. The van der Waals surface area contributed by atoms with E-state index in [1.165, 1.54) is 29.2 Å². The lowest BCUT2D eigenvalue weighted by atomic mass is 10.1. The van der Waals surface area contributed by atoms with Crippen LogP contribution < -0.4 is 5.32 Å². The van der Waals surface area contributed by atoms with Gasteiger partial charge in [-0.25, -0.2) is 9.18 Å². The standard InChI is InChI=1S/C15H16FN3O3/c1-19-9-12(8-18-19)15(21)22-10-14(20)17-7-6-11-2-4-13(16)5-3-11/h2-5,8-9H,6-7,10H2,1H3,(H,17,20). The number of nitrogens with one attached hydrogen (secondary N) is 1. The number of aromatic nitrogens is 2. The average Bonchev–Trinajstić information content (AvgIpc) is 2.93. The van der Waals surface area contributed by atoms with Crippen LogP contribution in [0.4, 0.5) is 4.39 Å². The molecule has 2 rings (SSSR count). The maximum atomic E-state index is 12.7. The van der Waals surface area contributed by atoms with E-state index in [9.17, 15) is 14.0 Å². The summed E-state index contributed by atoms with van der Waals surface area (Å²) >= 11 is 0. The molecule has 0 aliphatic heterocycles.